The van der Waals surface area contributed by atoms with Gasteiger partial charge in [0.25, 0.3) is 0 Å². The third-order valence-electron chi connectivity index (χ3n) is 9.07. The molecular formula is C26H39NO3. The highest BCUT2D eigenvalue weighted by Crippen LogP contribution is 2.63. The van der Waals surface area contributed by atoms with Gasteiger partial charge in [-0.1, -0.05) is 13.0 Å². The van der Waals surface area contributed by atoms with Crippen LogP contribution in [0.4, 0.5) is 0 Å². The molecule has 6 atom stereocenters. The molecule has 0 saturated heterocycles. The number of hydrogen-bond acceptors (Lipinski definition) is 2. The molecule has 0 aromatic heterocycles. The highest BCUT2D eigenvalue weighted by molar-refractivity contribution is 5.87. The second-order valence-corrected chi connectivity index (χ2v) is 11.1. The predicted octanol–water partition coefficient (Wildman–Crippen LogP) is 5.44. The van der Waals surface area contributed by atoms with Crippen molar-refractivity contribution in [3.63, 3.8) is 0 Å². The maximum absolute atomic E-state index is 13.6. The maximum Gasteiger partial charge on any atom is 0.331 e. The first-order valence-corrected chi connectivity index (χ1v) is 12.1. The molecular weight excluding hydrogens is 374 g/mol. The second kappa shape index (κ2) is 7.84. The van der Waals surface area contributed by atoms with Crippen LogP contribution in [0.5, 0.6) is 0 Å². The molecule has 4 heteroatoms. The summed E-state index contributed by atoms with van der Waals surface area (Å²) in [5.41, 5.74) is 1.97. The Morgan fingerprint density at radius 3 is 2.40 bits per heavy atom. The van der Waals surface area contributed by atoms with Gasteiger partial charge in [0.1, 0.15) is 0 Å². The molecule has 0 aliphatic heterocycles. The minimum Gasteiger partial charge on any atom is -0.478 e. The van der Waals surface area contributed by atoms with Gasteiger partial charge in [-0.15, -0.1) is 0 Å². The highest BCUT2D eigenvalue weighted by atomic mass is 16.4. The van der Waals surface area contributed by atoms with Crippen molar-refractivity contribution >= 4 is 11.9 Å². The molecule has 4 nitrogen and oxygen atoms in total. The van der Waals surface area contributed by atoms with Crippen molar-refractivity contribution < 1.29 is 14.7 Å². The van der Waals surface area contributed by atoms with Crippen molar-refractivity contribution in [1.82, 2.24) is 4.90 Å². The summed E-state index contributed by atoms with van der Waals surface area (Å²) in [6.45, 7) is 11.0. The number of nitrogens with zero attached hydrogens (tertiary/aromatic N) is 1. The SMILES string of the molecule is CC(C)N(C(=O)[C@H]1CC[C@H]2[C@@H]3CC=C4C=C(C(=O)O)CC[C@@H]4[C@H]3CC[C@]12C)C(C)C. The average Bonchev–Trinajstić information content (AvgIpc) is 3.03. The van der Waals surface area contributed by atoms with E-state index in [0.29, 0.717) is 41.6 Å². The second-order valence-electron chi connectivity index (χ2n) is 11.1. The summed E-state index contributed by atoms with van der Waals surface area (Å²) in [7, 11) is 0. The van der Waals surface area contributed by atoms with E-state index in [0.717, 1.165) is 25.7 Å². The molecule has 0 aromatic rings. The molecule has 0 radical (unpaired) electrons. The molecule has 2 fully saturated rings. The molecule has 166 valence electrons. The van der Waals surface area contributed by atoms with Crippen LogP contribution in [0.25, 0.3) is 0 Å². The molecule has 0 unspecified atom stereocenters. The lowest BCUT2D eigenvalue weighted by Gasteiger charge is -2.53. The molecule has 0 heterocycles. The van der Waals surface area contributed by atoms with E-state index < -0.39 is 5.97 Å². The number of carbonyl (C=O) groups is 2. The third kappa shape index (κ3) is 3.35. The molecule has 30 heavy (non-hydrogen) atoms. The number of carboxylic acid groups (broad SMARTS) is 1. The van der Waals surface area contributed by atoms with Gasteiger partial charge in [0, 0.05) is 23.6 Å². The summed E-state index contributed by atoms with van der Waals surface area (Å²) in [5.74, 6) is 2.23. The predicted molar refractivity (Wildman–Crippen MR) is 119 cm³/mol. The fourth-order valence-corrected chi connectivity index (χ4v) is 7.82. The van der Waals surface area contributed by atoms with E-state index >= 15 is 0 Å². The van der Waals surface area contributed by atoms with E-state index in [9.17, 15) is 14.7 Å². The van der Waals surface area contributed by atoms with Gasteiger partial charge >= 0.3 is 5.97 Å². The zero-order chi connectivity index (χ0) is 21.8. The van der Waals surface area contributed by atoms with Crippen molar-refractivity contribution in [3.8, 4) is 0 Å². The van der Waals surface area contributed by atoms with Gasteiger partial charge in [-0.2, -0.15) is 0 Å². The van der Waals surface area contributed by atoms with Crippen LogP contribution >= 0.6 is 0 Å². The first-order valence-electron chi connectivity index (χ1n) is 12.1. The van der Waals surface area contributed by atoms with Gasteiger partial charge in [0.15, 0.2) is 0 Å². The number of allylic oxidation sites excluding steroid dienone is 3. The molecule has 1 amide bonds. The van der Waals surface area contributed by atoms with Crippen LogP contribution in [0.1, 0.15) is 79.6 Å². The van der Waals surface area contributed by atoms with Gasteiger partial charge in [-0.25, -0.2) is 4.79 Å². The summed E-state index contributed by atoms with van der Waals surface area (Å²) >= 11 is 0. The fraction of sp³-hybridized carbons (Fsp3) is 0.769. The fourth-order valence-electron chi connectivity index (χ4n) is 7.82. The number of aliphatic carboxylic acids is 1. The van der Waals surface area contributed by atoms with Gasteiger partial charge in [0.2, 0.25) is 5.91 Å². The van der Waals surface area contributed by atoms with Crippen molar-refractivity contribution in [1.29, 1.82) is 0 Å². The Bertz CT molecular complexity index is 771. The van der Waals surface area contributed by atoms with E-state index in [4.69, 9.17) is 0 Å². The largest absolute Gasteiger partial charge is 0.478 e. The zero-order valence-corrected chi connectivity index (χ0v) is 19.4. The minimum atomic E-state index is -0.760. The molecule has 0 bridgehead atoms. The lowest BCUT2D eigenvalue weighted by Crippen LogP contribution is -2.51. The third-order valence-corrected chi connectivity index (χ3v) is 9.07. The van der Waals surface area contributed by atoms with Crippen molar-refractivity contribution in [3.05, 3.63) is 23.3 Å². The van der Waals surface area contributed by atoms with E-state index in [2.05, 4.69) is 45.6 Å². The van der Waals surface area contributed by atoms with Crippen LogP contribution in [-0.4, -0.2) is 34.0 Å². The Morgan fingerprint density at radius 1 is 1.07 bits per heavy atom. The van der Waals surface area contributed by atoms with Gasteiger partial charge in [0.05, 0.1) is 0 Å². The Balaban J connectivity index is 1.57. The topological polar surface area (TPSA) is 57.6 Å². The maximum atomic E-state index is 13.6. The average molecular weight is 414 g/mol. The van der Waals surface area contributed by atoms with Crippen molar-refractivity contribution in [2.75, 3.05) is 0 Å². The lowest BCUT2D eigenvalue weighted by atomic mass is 9.52. The summed E-state index contributed by atoms with van der Waals surface area (Å²) in [5, 5.41) is 9.39. The smallest absolute Gasteiger partial charge is 0.331 e. The first kappa shape index (κ1) is 21.6. The number of carboxylic acids is 1. The zero-order valence-electron chi connectivity index (χ0n) is 19.4. The molecule has 1 N–H and O–H groups in total. The number of hydrogen-bond donors (Lipinski definition) is 1. The number of amides is 1. The Morgan fingerprint density at radius 2 is 1.77 bits per heavy atom. The molecule has 4 aliphatic rings. The number of carbonyl (C=O) groups excluding carboxylic acids is 1. The lowest BCUT2D eigenvalue weighted by molar-refractivity contribution is -0.145. The summed E-state index contributed by atoms with van der Waals surface area (Å²) in [4.78, 5) is 27.2. The number of rotatable bonds is 4. The Hall–Kier alpha value is -1.58. The van der Waals surface area contributed by atoms with Crippen LogP contribution in [0.2, 0.25) is 0 Å². The number of fused-ring (bicyclic) bond motifs is 5. The van der Waals surface area contributed by atoms with Crippen LogP contribution in [0, 0.1) is 35.0 Å². The molecule has 2 saturated carbocycles. The van der Waals surface area contributed by atoms with Gasteiger partial charge in [-0.3, -0.25) is 4.79 Å². The van der Waals surface area contributed by atoms with Crippen LogP contribution in [0.3, 0.4) is 0 Å². The normalized spacial score (nSPS) is 37.8. The summed E-state index contributed by atoms with van der Waals surface area (Å²) in [6, 6.07) is 0.489. The molecule has 4 rings (SSSR count). The minimum absolute atomic E-state index is 0.113. The summed E-state index contributed by atoms with van der Waals surface area (Å²) < 4.78 is 0. The van der Waals surface area contributed by atoms with E-state index in [1.807, 2.05) is 6.08 Å². The van der Waals surface area contributed by atoms with Gasteiger partial charge < -0.3 is 10.0 Å². The Labute approximate surface area is 181 Å². The standard InChI is InChI=1S/C26H39NO3/c1-15(2)27(16(3)4)24(28)23-11-10-22-21-9-6-17-14-18(25(29)30)7-8-19(17)20(21)12-13-26(22,23)5/h6,14-16,19-23H,7-13H2,1-5H3,(H,29,30)/t19-,20+,21+,22-,23+,26-/m0/s1. The van der Waals surface area contributed by atoms with Crippen molar-refractivity contribution in [2.45, 2.75) is 91.6 Å². The monoisotopic (exact) mass is 413 g/mol. The highest BCUT2D eigenvalue weighted by Gasteiger charge is 2.58. The Kier molecular flexibility index (Phi) is 5.65. The van der Waals surface area contributed by atoms with Gasteiger partial charge in [-0.05, 0) is 113 Å². The molecule has 0 aromatic carbocycles. The van der Waals surface area contributed by atoms with E-state index in [1.54, 1.807) is 0 Å². The molecule has 0 spiro atoms. The van der Waals surface area contributed by atoms with E-state index in [1.165, 1.54) is 18.4 Å². The van der Waals surface area contributed by atoms with Crippen LogP contribution in [-0.2, 0) is 9.59 Å². The summed E-state index contributed by atoms with van der Waals surface area (Å²) in [6.07, 6.45) is 11.6. The first-order chi connectivity index (χ1) is 14.1. The van der Waals surface area contributed by atoms with Crippen LogP contribution in [0.15, 0.2) is 23.3 Å². The van der Waals surface area contributed by atoms with E-state index in [-0.39, 0.29) is 23.4 Å². The molecule has 4 aliphatic carbocycles. The quantitative estimate of drug-likeness (QED) is 0.667. The van der Waals surface area contributed by atoms with Crippen molar-refractivity contribution in [2.24, 2.45) is 35.0 Å². The van der Waals surface area contributed by atoms with Crippen LogP contribution < -0.4 is 0 Å².